The molecule has 1 aromatic carbocycles. The zero-order chi connectivity index (χ0) is 11.0. The van der Waals surface area contributed by atoms with Crippen molar-refractivity contribution in [2.24, 2.45) is 0 Å². The molecule has 16 heavy (non-hydrogen) atoms. The Balaban J connectivity index is 2.14. The van der Waals surface area contributed by atoms with Crippen LogP contribution in [0, 0.1) is 0 Å². The lowest BCUT2D eigenvalue weighted by Gasteiger charge is -2.18. The summed E-state index contributed by atoms with van der Waals surface area (Å²) in [6.45, 7) is 0. The van der Waals surface area contributed by atoms with Crippen molar-refractivity contribution in [2.45, 2.75) is 6.04 Å². The van der Waals surface area contributed by atoms with Crippen molar-refractivity contribution in [1.82, 2.24) is 0 Å². The molecule has 1 N–H and O–H groups in total. The van der Waals surface area contributed by atoms with Crippen molar-refractivity contribution in [2.75, 3.05) is 5.32 Å². The van der Waals surface area contributed by atoms with Gasteiger partial charge in [0.25, 0.3) is 0 Å². The number of allylic oxidation sites excluding steroid dienone is 3. The molecule has 0 fully saturated rings. The van der Waals surface area contributed by atoms with Crippen LogP contribution in [0.1, 0.15) is 10.4 Å². The van der Waals surface area contributed by atoms with E-state index in [0.29, 0.717) is 0 Å². The maximum atomic E-state index is 12.0. The zero-order valence-corrected chi connectivity index (χ0v) is 8.68. The third-order valence-electron chi connectivity index (χ3n) is 2.86. The van der Waals surface area contributed by atoms with Crippen molar-refractivity contribution in [3.8, 4) is 0 Å². The Labute approximate surface area is 94.0 Å². The lowest BCUT2D eigenvalue weighted by molar-refractivity contribution is 0.104. The molecule has 0 spiro atoms. The summed E-state index contributed by atoms with van der Waals surface area (Å²) >= 11 is 0. The first-order chi connectivity index (χ1) is 7.84. The van der Waals surface area contributed by atoms with Gasteiger partial charge in [0.05, 0.1) is 6.04 Å². The van der Waals surface area contributed by atoms with Crippen molar-refractivity contribution in [3.63, 3.8) is 0 Å². The Hall–Kier alpha value is -2.09. The summed E-state index contributed by atoms with van der Waals surface area (Å²) in [5.41, 5.74) is 2.67. The van der Waals surface area contributed by atoms with E-state index in [1.807, 2.05) is 42.5 Å². The van der Waals surface area contributed by atoms with Crippen LogP contribution in [0.25, 0.3) is 0 Å². The van der Waals surface area contributed by atoms with Crippen LogP contribution in [0.5, 0.6) is 0 Å². The van der Waals surface area contributed by atoms with Gasteiger partial charge in [-0.3, -0.25) is 4.79 Å². The quantitative estimate of drug-likeness (QED) is 0.711. The van der Waals surface area contributed by atoms with Crippen LogP contribution in [0.2, 0.25) is 0 Å². The second-order valence-electron chi connectivity index (χ2n) is 3.92. The molecule has 1 aliphatic heterocycles. The molecule has 2 nitrogen and oxygen atoms in total. The second kappa shape index (κ2) is 3.49. The number of para-hydroxylation sites is 1. The van der Waals surface area contributed by atoms with Crippen LogP contribution in [-0.4, -0.2) is 11.8 Å². The van der Waals surface area contributed by atoms with Gasteiger partial charge in [-0.2, -0.15) is 0 Å². The largest absolute Gasteiger partial charge is 0.374 e. The number of benzene rings is 1. The summed E-state index contributed by atoms with van der Waals surface area (Å²) in [6, 6.07) is 7.73. The Bertz CT molecular complexity index is 537. The van der Waals surface area contributed by atoms with Crippen LogP contribution in [-0.2, 0) is 0 Å². The standard InChI is InChI=1S/C14H11NO/c16-14-9-10-5-1-3-7-12(10)15-13-8-4-2-6-11(13)14/h1-9,12,15H. The first-order valence-electron chi connectivity index (χ1n) is 5.31. The summed E-state index contributed by atoms with van der Waals surface area (Å²) in [6.07, 6.45) is 9.69. The highest BCUT2D eigenvalue weighted by Crippen LogP contribution is 2.25. The highest BCUT2D eigenvalue weighted by Gasteiger charge is 2.20. The van der Waals surface area contributed by atoms with Gasteiger partial charge in [-0.05, 0) is 23.8 Å². The first-order valence-corrected chi connectivity index (χ1v) is 5.31. The van der Waals surface area contributed by atoms with Gasteiger partial charge in [0, 0.05) is 11.3 Å². The molecule has 2 heteroatoms. The third kappa shape index (κ3) is 1.39. The van der Waals surface area contributed by atoms with E-state index in [2.05, 4.69) is 11.4 Å². The van der Waals surface area contributed by atoms with Gasteiger partial charge in [-0.1, -0.05) is 36.4 Å². The lowest BCUT2D eigenvalue weighted by Crippen LogP contribution is -2.19. The Morgan fingerprint density at radius 3 is 2.94 bits per heavy atom. The summed E-state index contributed by atoms with van der Waals surface area (Å²) in [5.74, 6) is 0.0700. The molecular weight excluding hydrogens is 198 g/mol. The first kappa shape index (κ1) is 9.16. The van der Waals surface area contributed by atoms with E-state index >= 15 is 0 Å². The average molecular weight is 209 g/mol. The van der Waals surface area contributed by atoms with Gasteiger partial charge in [-0.15, -0.1) is 0 Å². The maximum absolute atomic E-state index is 12.0. The van der Waals surface area contributed by atoms with E-state index in [1.165, 1.54) is 0 Å². The lowest BCUT2D eigenvalue weighted by atomic mass is 10.0. The summed E-state index contributed by atoms with van der Waals surface area (Å²) in [7, 11) is 0. The van der Waals surface area contributed by atoms with E-state index in [0.717, 1.165) is 16.8 Å². The van der Waals surface area contributed by atoms with E-state index in [-0.39, 0.29) is 11.8 Å². The molecule has 0 bridgehead atoms. The normalized spacial score (nSPS) is 21.6. The van der Waals surface area contributed by atoms with E-state index < -0.39 is 0 Å². The number of rotatable bonds is 0. The van der Waals surface area contributed by atoms with Crippen LogP contribution in [0.15, 0.2) is 60.2 Å². The molecule has 1 aromatic rings. The van der Waals surface area contributed by atoms with Crippen LogP contribution < -0.4 is 5.32 Å². The van der Waals surface area contributed by atoms with Gasteiger partial charge < -0.3 is 5.32 Å². The van der Waals surface area contributed by atoms with Crippen LogP contribution in [0.3, 0.4) is 0 Å². The summed E-state index contributed by atoms with van der Waals surface area (Å²) in [4.78, 5) is 12.0. The minimum atomic E-state index is 0.0700. The number of carbonyl (C=O) groups is 1. The van der Waals surface area contributed by atoms with E-state index in [4.69, 9.17) is 0 Å². The molecule has 1 unspecified atom stereocenters. The van der Waals surface area contributed by atoms with Crippen molar-refractivity contribution >= 4 is 11.5 Å². The molecule has 1 atom stereocenters. The number of nitrogens with one attached hydrogen (secondary N) is 1. The number of carbonyl (C=O) groups excluding carboxylic acids is 1. The molecule has 3 rings (SSSR count). The van der Waals surface area contributed by atoms with Crippen molar-refractivity contribution in [3.05, 3.63) is 65.8 Å². The minimum absolute atomic E-state index is 0.0700. The highest BCUT2D eigenvalue weighted by atomic mass is 16.1. The molecule has 0 saturated carbocycles. The second-order valence-corrected chi connectivity index (χ2v) is 3.92. The van der Waals surface area contributed by atoms with Gasteiger partial charge in [0.1, 0.15) is 0 Å². The number of anilines is 1. The van der Waals surface area contributed by atoms with E-state index in [1.54, 1.807) is 6.08 Å². The smallest absolute Gasteiger partial charge is 0.188 e. The fourth-order valence-corrected chi connectivity index (χ4v) is 2.05. The summed E-state index contributed by atoms with van der Waals surface area (Å²) in [5, 5.41) is 3.36. The molecular formula is C14H11NO. The topological polar surface area (TPSA) is 29.1 Å². The Kier molecular flexibility index (Phi) is 2.00. The molecule has 0 amide bonds. The zero-order valence-electron chi connectivity index (χ0n) is 8.68. The predicted octanol–water partition coefficient (Wildman–Crippen LogP) is 2.72. The number of ketones is 1. The fourth-order valence-electron chi connectivity index (χ4n) is 2.05. The number of hydrogen-bond acceptors (Lipinski definition) is 2. The van der Waals surface area contributed by atoms with Crippen LogP contribution in [0.4, 0.5) is 5.69 Å². The van der Waals surface area contributed by atoms with Crippen molar-refractivity contribution < 1.29 is 4.79 Å². The van der Waals surface area contributed by atoms with Gasteiger partial charge in [0.15, 0.2) is 5.78 Å². The maximum Gasteiger partial charge on any atom is 0.188 e. The summed E-state index contributed by atoms with van der Waals surface area (Å²) < 4.78 is 0. The molecule has 0 saturated heterocycles. The fraction of sp³-hybridized carbons (Fsp3) is 0.0714. The number of hydrogen-bond donors (Lipinski definition) is 1. The molecule has 1 heterocycles. The van der Waals surface area contributed by atoms with Gasteiger partial charge in [-0.25, -0.2) is 0 Å². The highest BCUT2D eigenvalue weighted by molar-refractivity contribution is 6.10. The third-order valence-corrected chi connectivity index (χ3v) is 2.86. The minimum Gasteiger partial charge on any atom is -0.374 e. The number of fused-ring (bicyclic) bond motifs is 2. The molecule has 1 aliphatic carbocycles. The average Bonchev–Trinajstić information content (AvgIpc) is 2.45. The molecule has 0 radical (unpaired) electrons. The van der Waals surface area contributed by atoms with Crippen LogP contribution >= 0.6 is 0 Å². The Morgan fingerprint density at radius 1 is 1.12 bits per heavy atom. The monoisotopic (exact) mass is 209 g/mol. The SMILES string of the molecule is O=C1C=C2C=CC=CC2Nc2ccccc21. The molecule has 0 aromatic heterocycles. The molecule has 2 aliphatic rings. The molecule has 78 valence electrons. The Morgan fingerprint density at radius 2 is 2.00 bits per heavy atom. The van der Waals surface area contributed by atoms with E-state index in [9.17, 15) is 4.79 Å². The van der Waals surface area contributed by atoms with Gasteiger partial charge >= 0.3 is 0 Å². The van der Waals surface area contributed by atoms with Gasteiger partial charge in [0.2, 0.25) is 0 Å². The van der Waals surface area contributed by atoms with Crippen molar-refractivity contribution in [1.29, 1.82) is 0 Å². The predicted molar refractivity (Wildman–Crippen MR) is 64.5 cm³/mol.